The fourth-order valence-corrected chi connectivity index (χ4v) is 7.17. The van der Waals surface area contributed by atoms with Gasteiger partial charge in [0.15, 0.2) is 0 Å². The summed E-state index contributed by atoms with van der Waals surface area (Å²) in [5.74, 6) is 1.86. The van der Waals surface area contributed by atoms with Crippen molar-refractivity contribution < 1.29 is 10.2 Å². The molecule has 4 aliphatic carbocycles. The van der Waals surface area contributed by atoms with E-state index in [4.69, 9.17) is 0 Å². The Morgan fingerprint density at radius 2 is 1.92 bits per heavy atom. The lowest BCUT2D eigenvalue weighted by atomic mass is 9.47. The third kappa shape index (κ3) is 2.02. The highest BCUT2D eigenvalue weighted by atomic mass is 16.3. The molecule has 2 N–H and O–H groups in total. The molecule has 0 amide bonds. The third-order valence-electron chi connectivity index (χ3n) is 8.77. The van der Waals surface area contributed by atoms with Crippen molar-refractivity contribution >= 4 is 0 Å². The lowest BCUT2D eigenvalue weighted by Gasteiger charge is -2.58. The summed E-state index contributed by atoms with van der Waals surface area (Å²) in [6.45, 7) is 4.69. The Hall–Kier alpha value is -0.850. The van der Waals surface area contributed by atoms with Gasteiger partial charge in [-0.05, 0) is 74.5 Å². The highest BCUT2D eigenvalue weighted by molar-refractivity contribution is 5.26. The number of nitriles is 1. The first-order valence-electron chi connectivity index (χ1n) is 9.81. The molecule has 0 aliphatic heterocycles. The number of allylic oxidation sites excluding steroid dienone is 1. The first-order valence-corrected chi connectivity index (χ1v) is 9.81. The molecule has 0 aromatic rings. The molecule has 0 aromatic carbocycles. The van der Waals surface area contributed by atoms with E-state index in [9.17, 15) is 15.5 Å². The Morgan fingerprint density at radius 1 is 1.17 bits per heavy atom. The van der Waals surface area contributed by atoms with E-state index in [1.807, 2.05) is 0 Å². The summed E-state index contributed by atoms with van der Waals surface area (Å²) in [5.41, 5.74) is 0.862. The van der Waals surface area contributed by atoms with E-state index in [1.165, 1.54) is 5.57 Å². The van der Waals surface area contributed by atoms with Crippen LogP contribution in [0.15, 0.2) is 11.6 Å². The van der Waals surface area contributed by atoms with Gasteiger partial charge in [0, 0.05) is 5.41 Å². The molecule has 4 rings (SSSR count). The Labute approximate surface area is 145 Å². The molecule has 3 saturated carbocycles. The summed E-state index contributed by atoms with van der Waals surface area (Å²) in [7, 11) is 0. The molecule has 132 valence electrons. The minimum Gasteiger partial charge on any atom is -0.393 e. The number of rotatable bonds is 1. The Bertz CT molecular complexity index is 607. The molecule has 24 heavy (non-hydrogen) atoms. The third-order valence-corrected chi connectivity index (χ3v) is 8.77. The van der Waals surface area contributed by atoms with Crippen molar-refractivity contribution in [3.8, 4) is 6.07 Å². The van der Waals surface area contributed by atoms with E-state index < -0.39 is 5.60 Å². The van der Waals surface area contributed by atoms with Crippen LogP contribution in [0.1, 0.15) is 71.6 Å². The molecular weight excluding hydrogens is 298 g/mol. The number of hydrogen-bond acceptors (Lipinski definition) is 3. The van der Waals surface area contributed by atoms with Crippen molar-refractivity contribution in [2.75, 3.05) is 0 Å². The fraction of sp³-hybridized carbons (Fsp3) is 0.857. The number of aliphatic hydroxyl groups is 2. The molecule has 3 fully saturated rings. The molecule has 0 bridgehead atoms. The van der Waals surface area contributed by atoms with Gasteiger partial charge in [0.1, 0.15) is 0 Å². The summed E-state index contributed by atoms with van der Waals surface area (Å²) in [6.07, 6.45) is 10.6. The molecule has 0 aromatic heterocycles. The lowest BCUT2D eigenvalue weighted by molar-refractivity contribution is -0.122. The second-order valence-corrected chi connectivity index (χ2v) is 9.52. The summed E-state index contributed by atoms with van der Waals surface area (Å²) in [4.78, 5) is 0. The number of aliphatic hydroxyl groups excluding tert-OH is 1. The van der Waals surface area contributed by atoms with Crippen LogP contribution in [0.25, 0.3) is 0 Å². The van der Waals surface area contributed by atoms with Crippen LogP contribution in [-0.2, 0) is 0 Å². The maximum absolute atomic E-state index is 11.2. The monoisotopic (exact) mass is 329 g/mol. The van der Waals surface area contributed by atoms with Gasteiger partial charge in [-0.25, -0.2) is 0 Å². The van der Waals surface area contributed by atoms with Crippen molar-refractivity contribution in [2.24, 2.45) is 28.6 Å². The summed E-state index contributed by atoms with van der Waals surface area (Å²) >= 11 is 0. The van der Waals surface area contributed by atoms with Crippen LogP contribution in [0.4, 0.5) is 0 Å². The number of hydrogen-bond donors (Lipinski definition) is 2. The van der Waals surface area contributed by atoms with Crippen molar-refractivity contribution in [1.82, 2.24) is 0 Å². The van der Waals surface area contributed by atoms with Gasteiger partial charge in [0.05, 0.1) is 24.2 Å². The van der Waals surface area contributed by atoms with Crippen molar-refractivity contribution in [3.63, 3.8) is 0 Å². The van der Waals surface area contributed by atoms with Gasteiger partial charge in [-0.3, -0.25) is 0 Å². The summed E-state index contributed by atoms with van der Waals surface area (Å²) in [5, 5.41) is 30.5. The van der Waals surface area contributed by atoms with E-state index in [-0.39, 0.29) is 23.4 Å². The van der Waals surface area contributed by atoms with Crippen LogP contribution >= 0.6 is 0 Å². The first-order chi connectivity index (χ1) is 11.3. The van der Waals surface area contributed by atoms with Crippen molar-refractivity contribution in [2.45, 2.75) is 83.3 Å². The molecule has 0 radical (unpaired) electrons. The fourth-order valence-electron chi connectivity index (χ4n) is 7.17. The zero-order valence-corrected chi connectivity index (χ0v) is 15.1. The zero-order chi connectivity index (χ0) is 17.2. The van der Waals surface area contributed by atoms with Gasteiger partial charge < -0.3 is 10.2 Å². The largest absolute Gasteiger partial charge is 0.393 e. The topological polar surface area (TPSA) is 64.2 Å². The lowest BCUT2D eigenvalue weighted by Crippen LogP contribution is -2.54. The molecule has 3 heteroatoms. The van der Waals surface area contributed by atoms with E-state index >= 15 is 0 Å². The van der Waals surface area contributed by atoms with Crippen LogP contribution in [0.5, 0.6) is 0 Å². The standard InChI is InChI=1S/C21H31NO2/c1-19-8-5-15(23)13-14(19)3-4-16-17(19)6-9-20(2)18(16)7-10-21(20,24)11-12-22/h3,15-18,23-24H,4-11,13H2,1-2H3/t15-,16+,17-,18-,19+,20+,21-/m1/s1. The molecule has 7 atom stereocenters. The van der Waals surface area contributed by atoms with Gasteiger partial charge in [-0.2, -0.15) is 5.26 Å². The highest BCUT2D eigenvalue weighted by Crippen LogP contribution is 2.67. The molecule has 0 heterocycles. The second-order valence-electron chi connectivity index (χ2n) is 9.52. The Balaban J connectivity index is 1.67. The maximum Gasteiger partial charge on any atom is 0.0833 e. The van der Waals surface area contributed by atoms with Crippen LogP contribution in [0.2, 0.25) is 0 Å². The predicted octanol–water partition coefficient (Wildman–Crippen LogP) is 3.95. The molecule has 0 saturated heterocycles. The zero-order valence-electron chi connectivity index (χ0n) is 15.1. The van der Waals surface area contributed by atoms with E-state index in [2.05, 4.69) is 26.0 Å². The Morgan fingerprint density at radius 3 is 2.67 bits per heavy atom. The summed E-state index contributed by atoms with van der Waals surface area (Å²) < 4.78 is 0. The molecule has 3 nitrogen and oxygen atoms in total. The Kier molecular flexibility index (Phi) is 3.68. The average molecular weight is 329 g/mol. The van der Waals surface area contributed by atoms with E-state index in [0.29, 0.717) is 17.8 Å². The van der Waals surface area contributed by atoms with Crippen molar-refractivity contribution in [1.29, 1.82) is 5.26 Å². The SMILES string of the molecule is C[C@]12CC[C@@H](O)CC1=CC[C@H]1[C@H]2CC[C@@]2(C)[C@@H]1CC[C@@]2(O)CC#N. The molecule has 0 spiro atoms. The number of nitrogens with zero attached hydrogens (tertiary/aromatic N) is 1. The molecule has 4 aliphatic rings. The second kappa shape index (κ2) is 5.32. The van der Waals surface area contributed by atoms with Crippen LogP contribution in [0.3, 0.4) is 0 Å². The minimum absolute atomic E-state index is 0.0974. The predicted molar refractivity (Wildman–Crippen MR) is 92.9 cm³/mol. The maximum atomic E-state index is 11.2. The van der Waals surface area contributed by atoms with Crippen LogP contribution in [-0.4, -0.2) is 21.9 Å². The van der Waals surface area contributed by atoms with Gasteiger partial charge >= 0.3 is 0 Å². The van der Waals surface area contributed by atoms with Gasteiger partial charge in [0.2, 0.25) is 0 Å². The van der Waals surface area contributed by atoms with E-state index in [0.717, 1.165) is 51.4 Å². The van der Waals surface area contributed by atoms with Gasteiger partial charge in [0.25, 0.3) is 0 Å². The van der Waals surface area contributed by atoms with Crippen LogP contribution in [0, 0.1) is 39.9 Å². The van der Waals surface area contributed by atoms with Gasteiger partial charge in [-0.1, -0.05) is 25.5 Å². The normalized spacial score (nSPS) is 53.4. The molecule has 0 unspecified atom stereocenters. The van der Waals surface area contributed by atoms with E-state index in [1.54, 1.807) is 0 Å². The summed E-state index contributed by atoms with van der Waals surface area (Å²) in [6, 6.07) is 2.25. The first kappa shape index (κ1) is 16.6. The number of fused-ring (bicyclic) bond motifs is 5. The van der Waals surface area contributed by atoms with Gasteiger partial charge in [-0.15, -0.1) is 0 Å². The van der Waals surface area contributed by atoms with Crippen molar-refractivity contribution in [3.05, 3.63) is 11.6 Å². The average Bonchev–Trinajstić information content (AvgIpc) is 2.80. The quantitative estimate of drug-likeness (QED) is 0.716. The molecular formula is C21H31NO2. The minimum atomic E-state index is -0.787. The van der Waals surface area contributed by atoms with Crippen LogP contribution < -0.4 is 0 Å². The highest BCUT2D eigenvalue weighted by Gasteiger charge is 2.63. The smallest absolute Gasteiger partial charge is 0.0833 e.